The van der Waals surface area contributed by atoms with Crippen molar-refractivity contribution in [2.45, 2.75) is 39.8 Å². The first-order valence-electron chi connectivity index (χ1n) is 6.42. The molecule has 0 aliphatic rings. The van der Waals surface area contributed by atoms with Gasteiger partial charge in [0.1, 0.15) is 6.04 Å². The molecule has 0 aliphatic heterocycles. The van der Waals surface area contributed by atoms with Crippen LogP contribution >= 0.6 is 0 Å². The molecule has 1 rings (SSSR count). The maximum absolute atomic E-state index is 11.8. The lowest BCUT2D eigenvalue weighted by atomic mass is 10.1. The Morgan fingerprint density at radius 1 is 1.56 bits per heavy atom. The van der Waals surface area contributed by atoms with E-state index in [1.54, 1.807) is 6.20 Å². The molecule has 0 saturated heterocycles. The van der Waals surface area contributed by atoms with E-state index >= 15 is 0 Å². The van der Waals surface area contributed by atoms with E-state index in [1.165, 1.54) is 7.11 Å². The molecule has 0 fully saturated rings. The molecule has 0 aromatic carbocycles. The molecule has 1 aromatic heterocycles. The largest absolute Gasteiger partial charge is 0.468 e. The summed E-state index contributed by atoms with van der Waals surface area (Å²) in [5.74, 6) is 0.203. The molecule has 5 nitrogen and oxygen atoms in total. The van der Waals surface area contributed by atoms with Gasteiger partial charge in [0, 0.05) is 18.3 Å². The average molecular weight is 253 g/mol. The van der Waals surface area contributed by atoms with Gasteiger partial charge in [0.2, 0.25) is 0 Å². The number of rotatable bonds is 7. The zero-order valence-corrected chi connectivity index (χ0v) is 11.6. The Morgan fingerprint density at radius 2 is 2.28 bits per heavy atom. The molecule has 0 amide bonds. The summed E-state index contributed by atoms with van der Waals surface area (Å²) in [5.41, 5.74) is 0.857. The van der Waals surface area contributed by atoms with Crippen molar-refractivity contribution in [2.24, 2.45) is 5.92 Å². The fourth-order valence-electron chi connectivity index (χ4n) is 1.69. The van der Waals surface area contributed by atoms with Gasteiger partial charge in [-0.05, 0) is 18.9 Å². The molecule has 0 bridgehead atoms. The van der Waals surface area contributed by atoms with Gasteiger partial charge in [-0.15, -0.1) is 0 Å². The maximum Gasteiger partial charge on any atom is 0.327 e. The van der Waals surface area contributed by atoms with Crippen molar-refractivity contribution in [3.8, 4) is 0 Å². The smallest absolute Gasteiger partial charge is 0.327 e. The van der Waals surface area contributed by atoms with Gasteiger partial charge in [-0.2, -0.15) is 5.10 Å². The number of nitrogens with zero attached hydrogens (tertiary/aromatic N) is 2. The van der Waals surface area contributed by atoms with Crippen molar-refractivity contribution in [1.82, 2.24) is 15.1 Å². The van der Waals surface area contributed by atoms with E-state index < -0.39 is 6.04 Å². The van der Waals surface area contributed by atoms with Crippen LogP contribution in [-0.2, 0) is 16.1 Å². The second-order valence-electron chi connectivity index (χ2n) is 4.80. The SMILES string of the molecule is CCCn1cc(C(NCC(C)C)C(=O)OC)cn1. The van der Waals surface area contributed by atoms with Crippen molar-refractivity contribution in [3.05, 3.63) is 18.0 Å². The summed E-state index contributed by atoms with van der Waals surface area (Å²) in [7, 11) is 1.41. The van der Waals surface area contributed by atoms with Crippen LogP contribution in [0.4, 0.5) is 0 Å². The molecule has 0 aliphatic carbocycles. The minimum atomic E-state index is -0.428. The minimum Gasteiger partial charge on any atom is -0.468 e. The topological polar surface area (TPSA) is 56.2 Å². The second-order valence-corrected chi connectivity index (χ2v) is 4.80. The average Bonchev–Trinajstić information content (AvgIpc) is 2.77. The molecule has 102 valence electrons. The number of esters is 1. The molecule has 0 spiro atoms. The predicted molar refractivity (Wildman–Crippen MR) is 70.1 cm³/mol. The molecule has 1 aromatic rings. The van der Waals surface area contributed by atoms with Gasteiger partial charge in [0.05, 0.1) is 13.3 Å². The Hall–Kier alpha value is -1.36. The quantitative estimate of drug-likeness (QED) is 0.752. The lowest BCUT2D eigenvalue weighted by Gasteiger charge is -2.16. The normalized spacial score (nSPS) is 12.7. The van der Waals surface area contributed by atoms with Crippen LogP contribution in [0.25, 0.3) is 0 Å². The number of hydrogen-bond donors (Lipinski definition) is 1. The van der Waals surface area contributed by atoms with Crippen molar-refractivity contribution in [1.29, 1.82) is 0 Å². The highest BCUT2D eigenvalue weighted by Gasteiger charge is 2.22. The first-order valence-corrected chi connectivity index (χ1v) is 6.42. The van der Waals surface area contributed by atoms with Crippen LogP contribution < -0.4 is 5.32 Å². The third kappa shape index (κ3) is 4.14. The number of ether oxygens (including phenoxy) is 1. The van der Waals surface area contributed by atoms with Crippen molar-refractivity contribution >= 4 is 5.97 Å². The third-order valence-electron chi connectivity index (χ3n) is 2.61. The number of aryl methyl sites for hydroxylation is 1. The number of aromatic nitrogens is 2. The monoisotopic (exact) mass is 253 g/mol. The Morgan fingerprint density at radius 3 is 2.83 bits per heavy atom. The van der Waals surface area contributed by atoms with E-state index in [9.17, 15) is 4.79 Å². The first-order chi connectivity index (χ1) is 8.58. The second kappa shape index (κ2) is 7.16. The van der Waals surface area contributed by atoms with Crippen LogP contribution in [0.15, 0.2) is 12.4 Å². The Labute approximate surface area is 109 Å². The summed E-state index contributed by atoms with van der Waals surface area (Å²) in [6.07, 6.45) is 4.65. The summed E-state index contributed by atoms with van der Waals surface area (Å²) in [4.78, 5) is 11.8. The molecule has 0 saturated carbocycles. The lowest BCUT2D eigenvalue weighted by Crippen LogP contribution is -2.32. The first kappa shape index (κ1) is 14.7. The summed E-state index contributed by atoms with van der Waals surface area (Å²) in [6, 6.07) is -0.428. The zero-order chi connectivity index (χ0) is 13.5. The van der Waals surface area contributed by atoms with Crippen LogP contribution in [0.1, 0.15) is 38.8 Å². The summed E-state index contributed by atoms with van der Waals surface area (Å²) in [5, 5.41) is 7.45. The van der Waals surface area contributed by atoms with Crippen LogP contribution in [0.3, 0.4) is 0 Å². The van der Waals surface area contributed by atoms with Crippen LogP contribution in [0.2, 0.25) is 0 Å². The Balaban J connectivity index is 2.77. The fourth-order valence-corrected chi connectivity index (χ4v) is 1.69. The van der Waals surface area contributed by atoms with E-state index in [0.29, 0.717) is 5.92 Å². The fraction of sp³-hybridized carbons (Fsp3) is 0.692. The highest BCUT2D eigenvalue weighted by Crippen LogP contribution is 2.14. The maximum atomic E-state index is 11.8. The molecule has 0 radical (unpaired) electrons. The summed E-state index contributed by atoms with van der Waals surface area (Å²) in [6.45, 7) is 7.91. The van der Waals surface area contributed by atoms with Gasteiger partial charge < -0.3 is 10.1 Å². The number of carbonyl (C=O) groups is 1. The van der Waals surface area contributed by atoms with Crippen LogP contribution in [0, 0.1) is 5.92 Å². The molecule has 1 atom stereocenters. The van der Waals surface area contributed by atoms with E-state index in [1.807, 2.05) is 10.9 Å². The van der Waals surface area contributed by atoms with E-state index in [4.69, 9.17) is 4.74 Å². The molecule has 1 heterocycles. The molecule has 1 N–H and O–H groups in total. The molecule has 5 heteroatoms. The molecule has 1 unspecified atom stereocenters. The van der Waals surface area contributed by atoms with E-state index in [0.717, 1.165) is 25.1 Å². The van der Waals surface area contributed by atoms with Crippen molar-refractivity contribution in [2.75, 3.05) is 13.7 Å². The van der Waals surface area contributed by atoms with Gasteiger partial charge in [-0.1, -0.05) is 20.8 Å². The number of nitrogens with one attached hydrogen (secondary N) is 1. The third-order valence-corrected chi connectivity index (χ3v) is 2.61. The number of hydrogen-bond acceptors (Lipinski definition) is 4. The van der Waals surface area contributed by atoms with Crippen molar-refractivity contribution in [3.63, 3.8) is 0 Å². The minimum absolute atomic E-state index is 0.272. The van der Waals surface area contributed by atoms with Crippen LogP contribution in [0.5, 0.6) is 0 Å². The van der Waals surface area contributed by atoms with Crippen LogP contribution in [-0.4, -0.2) is 29.4 Å². The number of carbonyl (C=O) groups excluding carboxylic acids is 1. The molecule has 18 heavy (non-hydrogen) atoms. The zero-order valence-electron chi connectivity index (χ0n) is 11.6. The standard InChI is InChI=1S/C13H23N3O2/c1-5-6-16-9-11(8-15-16)12(13(17)18-4)14-7-10(2)3/h8-10,12,14H,5-7H2,1-4H3. The van der Waals surface area contributed by atoms with Crippen molar-refractivity contribution < 1.29 is 9.53 Å². The highest BCUT2D eigenvalue weighted by molar-refractivity contribution is 5.77. The molecular weight excluding hydrogens is 230 g/mol. The molecular formula is C13H23N3O2. The van der Waals surface area contributed by atoms with Gasteiger partial charge in [-0.3, -0.25) is 4.68 Å². The highest BCUT2D eigenvalue weighted by atomic mass is 16.5. The van der Waals surface area contributed by atoms with Gasteiger partial charge in [0.15, 0.2) is 0 Å². The Kier molecular flexibility index (Phi) is 5.85. The van der Waals surface area contributed by atoms with Gasteiger partial charge in [0.25, 0.3) is 0 Å². The van der Waals surface area contributed by atoms with Gasteiger partial charge in [-0.25, -0.2) is 4.79 Å². The lowest BCUT2D eigenvalue weighted by molar-refractivity contribution is -0.143. The predicted octanol–water partition coefficient (Wildman–Crippen LogP) is 1.75. The van der Waals surface area contributed by atoms with E-state index in [-0.39, 0.29) is 5.97 Å². The summed E-state index contributed by atoms with van der Waals surface area (Å²) >= 11 is 0. The van der Waals surface area contributed by atoms with Gasteiger partial charge >= 0.3 is 5.97 Å². The number of methoxy groups -OCH3 is 1. The Bertz CT molecular complexity index is 374. The summed E-state index contributed by atoms with van der Waals surface area (Å²) < 4.78 is 6.68. The van der Waals surface area contributed by atoms with E-state index in [2.05, 4.69) is 31.2 Å².